The van der Waals surface area contributed by atoms with E-state index in [1.54, 1.807) is 0 Å². The van der Waals surface area contributed by atoms with E-state index in [9.17, 15) is 0 Å². The Morgan fingerprint density at radius 2 is 0.941 bits per heavy atom. The van der Waals surface area contributed by atoms with Crippen LogP contribution in [0.15, 0.2) is 0 Å². The molecule has 0 saturated heterocycles. The molecule has 0 radical (unpaired) electrons. The van der Waals surface area contributed by atoms with Crippen LogP contribution in [0.1, 0.15) is 151 Å². The van der Waals surface area contributed by atoms with Crippen molar-refractivity contribution in [2.75, 3.05) is 19.8 Å². The van der Waals surface area contributed by atoms with E-state index in [0.29, 0.717) is 25.7 Å². The third-order valence-corrected chi connectivity index (χ3v) is 10.4. The van der Waals surface area contributed by atoms with Gasteiger partial charge < -0.3 is 19.0 Å². The summed E-state index contributed by atoms with van der Waals surface area (Å²) in [6, 6.07) is 0.858. The second-order valence-corrected chi connectivity index (χ2v) is 12.9. The molecule has 34 heavy (non-hydrogen) atoms. The Balaban J connectivity index is 4.79. The standard InChI is InChI=1S/C29H63NO3Si/c1-7-13-14-15-16-17-18-19-20-21-22-23-24-28(29(30,25-8-2)26-9-3)27-34(31-10-4,32-11-5)33-12-6/h28H,7-27,30H2,1-6H3. The molecule has 1 atom stereocenters. The van der Waals surface area contributed by atoms with Crippen molar-refractivity contribution in [3.05, 3.63) is 0 Å². The zero-order valence-electron chi connectivity index (χ0n) is 24.2. The zero-order chi connectivity index (χ0) is 25.5. The Labute approximate surface area is 215 Å². The average Bonchev–Trinajstić information content (AvgIpc) is 2.80. The topological polar surface area (TPSA) is 53.7 Å². The van der Waals surface area contributed by atoms with Gasteiger partial charge in [0.25, 0.3) is 0 Å². The zero-order valence-corrected chi connectivity index (χ0v) is 25.2. The summed E-state index contributed by atoms with van der Waals surface area (Å²) in [5.41, 5.74) is 7.01. The smallest absolute Gasteiger partial charge is 0.374 e. The molecule has 0 rings (SSSR count). The molecule has 206 valence electrons. The van der Waals surface area contributed by atoms with Crippen LogP contribution in [0, 0.1) is 5.92 Å². The van der Waals surface area contributed by atoms with Crippen LogP contribution in [0.4, 0.5) is 0 Å². The van der Waals surface area contributed by atoms with Gasteiger partial charge in [0.15, 0.2) is 0 Å². The second-order valence-electron chi connectivity index (χ2n) is 10.3. The highest BCUT2D eigenvalue weighted by Gasteiger charge is 2.47. The first-order valence-corrected chi connectivity index (χ1v) is 17.1. The van der Waals surface area contributed by atoms with Crippen molar-refractivity contribution >= 4 is 8.80 Å². The summed E-state index contributed by atoms with van der Waals surface area (Å²) in [7, 11) is -2.71. The van der Waals surface area contributed by atoms with E-state index in [4.69, 9.17) is 19.0 Å². The third-order valence-electron chi connectivity index (χ3n) is 7.24. The predicted octanol–water partition coefficient (Wildman–Crippen LogP) is 9.04. The number of unbranched alkanes of at least 4 members (excludes halogenated alkanes) is 11. The van der Waals surface area contributed by atoms with Crippen molar-refractivity contribution in [2.24, 2.45) is 11.7 Å². The van der Waals surface area contributed by atoms with Gasteiger partial charge in [0, 0.05) is 31.4 Å². The van der Waals surface area contributed by atoms with E-state index < -0.39 is 8.80 Å². The van der Waals surface area contributed by atoms with Crippen LogP contribution in [0.2, 0.25) is 6.04 Å². The molecule has 4 nitrogen and oxygen atoms in total. The third kappa shape index (κ3) is 15.2. The Morgan fingerprint density at radius 3 is 1.29 bits per heavy atom. The van der Waals surface area contributed by atoms with E-state index >= 15 is 0 Å². The molecule has 0 bridgehead atoms. The molecule has 0 saturated carbocycles. The summed E-state index contributed by atoms with van der Waals surface area (Å²) in [6.45, 7) is 14.9. The Morgan fingerprint density at radius 1 is 0.559 bits per heavy atom. The highest BCUT2D eigenvalue weighted by atomic mass is 28.4. The molecular formula is C29H63NO3Si. The Bertz CT molecular complexity index is 413. The molecule has 0 heterocycles. The lowest BCUT2D eigenvalue weighted by Gasteiger charge is -2.41. The first-order valence-electron chi connectivity index (χ1n) is 15.2. The summed E-state index contributed by atoms with van der Waals surface area (Å²) in [4.78, 5) is 0. The Hall–Kier alpha value is 0.0569. The van der Waals surface area contributed by atoms with Crippen molar-refractivity contribution in [3.63, 3.8) is 0 Å². The van der Waals surface area contributed by atoms with Gasteiger partial charge in [0.05, 0.1) is 0 Å². The number of nitrogens with two attached hydrogens (primary N) is 1. The first-order chi connectivity index (χ1) is 16.5. The summed E-state index contributed by atoms with van der Waals surface area (Å²) in [5.74, 6) is 0.395. The van der Waals surface area contributed by atoms with Gasteiger partial charge in [-0.1, -0.05) is 111 Å². The van der Waals surface area contributed by atoms with Gasteiger partial charge in [-0.2, -0.15) is 0 Å². The van der Waals surface area contributed by atoms with Gasteiger partial charge in [-0.25, -0.2) is 0 Å². The van der Waals surface area contributed by atoms with E-state index in [0.717, 1.165) is 38.1 Å². The molecule has 5 heteroatoms. The molecule has 2 N–H and O–H groups in total. The highest BCUT2D eigenvalue weighted by Crippen LogP contribution is 2.37. The number of hydrogen-bond donors (Lipinski definition) is 1. The van der Waals surface area contributed by atoms with Crippen molar-refractivity contribution in [3.8, 4) is 0 Å². The van der Waals surface area contributed by atoms with Crippen LogP contribution in [0.3, 0.4) is 0 Å². The quantitative estimate of drug-likeness (QED) is 0.0948. The van der Waals surface area contributed by atoms with Gasteiger partial charge in [-0.15, -0.1) is 0 Å². The molecular weight excluding hydrogens is 438 g/mol. The molecule has 0 aromatic carbocycles. The maximum atomic E-state index is 7.15. The van der Waals surface area contributed by atoms with E-state index in [2.05, 4.69) is 20.8 Å². The monoisotopic (exact) mass is 501 g/mol. The minimum Gasteiger partial charge on any atom is -0.374 e. The molecule has 0 aromatic rings. The fourth-order valence-corrected chi connectivity index (χ4v) is 8.69. The highest BCUT2D eigenvalue weighted by molar-refractivity contribution is 6.60. The van der Waals surface area contributed by atoms with Gasteiger partial charge in [-0.05, 0) is 46.0 Å². The first kappa shape index (κ1) is 34.1. The summed E-state index contributed by atoms with van der Waals surface area (Å²) in [5, 5.41) is 0. The Kier molecular flexibility index (Phi) is 22.3. The van der Waals surface area contributed by atoms with Gasteiger partial charge >= 0.3 is 8.80 Å². The maximum absolute atomic E-state index is 7.15. The fourth-order valence-electron chi connectivity index (χ4n) is 5.55. The van der Waals surface area contributed by atoms with Crippen molar-refractivity contribution in [2.45, 2.75) is 162 Å². The molecule has 1 unspecified atom stereocenters. The lowest BCUT2D eigenvalue weighted by Crippen LogP contribution is -2.54. The molecule has 0 amide bonds. The van der Waals surface area contributed by atoms with Gasteiger partial charge in [0.2, 0.25) is 0 Å². The minimum atomic E-state index is -2.71. The molecule has 0 aromatic heterocycles. The molecule has 0 fully saturated rings. The van der Waals surface area contributed by atoms with Gasteiger partial charge in [0.1, 0.15) is 0 Å². The van der Waals surface area contributed by atoms with Crippen LogP contribution in [-0.4, -0.2) is 34.2 Å². The van der Waals surface area contributed by atoms with Crippen LogP contribution in [-0.2, 0) is 13.3 Å². The normalized spacial score (nSPS) is 13.5. The molecule has 0 aliphatic carbocycles. The van der Waals surface area contributed by atoms with Gasteiger partial charge in [-0.3, -0.25) is 0 Å². The SMILES string of the molecule is CCCCCCCCCCCCCCC(C[Si](OCC)(OCC)OCC)C(N)(CCC)CCC. The predicted molar refractivity (Wildman–Crippen MR) is 151 cm³/mol. The van der Waals surface area contributed by atoms with Crippen molar-refractivity contribution < 1.29 is 13.3 Å². The lowest BCUT2D eigenvalue weighted by atomic mass is 9.76. The minimum absolute atomic E-state index is 0.148. The number of rotatable bonds is 26. The number of hydrogen-bond acceptors (Lipinski definition) is 4. The van der Waals surface area contributed by atoms with Crippen LogP contribution < -0.4 is 5.73 Å². The molecule has 0 aliphatic rings. The van der Waals surface area contributed by atoms with E-state index in [-0.39, 0.29) is 5.54 Å². The maximum Gasteiger partial charge on any atom is 0.501 e. The van der Waals surface area contributed by atoms with E-state index in [1.807, 2.05) is 20.8 Å². The largest absolute Gasteiger partial charge is 0.501 e. The average molecular weight is 502 g/mol. The summed E-state index contributed by atoms with van der Waals surface area (Å²) in [6.07, 6.45) is 22.1. The lowest BCUT2D eigenvalue weighted by molar-refractivity contribution is 0.0597. The van der Waals surface area contributed by atoms with Crippen LogP contribution >= 0.6 is 0 Å². The summed E-state index contributed by atoms with van der Waals surface area (Å²) < 4.78 is 18.7. The molecule has 0 spiro atoms. The van der Waals surface area contributed by atoms with Crippen molar-refractivity contribution in [1.29, 1.82) is 0 Å². The van der Waals surface area contributed by atoms with Crippen LogP contribution in [0.25, 0.3) is 0 Å². The van der Waals surface area contributed by atoms with E-state index in [1.165, 1.54) is 77.0 Å². The van der Waals surface area contributed by atoms with Crippen LogP contribution in [0.5, 0.6) is 0 Å². The second kappa shape index (κ2) is 22.3. The fraction of sp³-hybridized carbons (Fsp3) is 1.00. The van der Waals surface area contributed by atoms with Crippen molar-refractivity contribution in [1.82, 2.24) is 0 Å². The summed E-state index contributed by atoms with van der Waals surface area (Å²) >= 11 is 0. The molecule has 0 aliphatic heterocycles.